The van der Waals surface area contributed by atoms with Gasteiger partial charge in [-0.15, -0.1) is 0 Å². The van der Waals surface area contributed by atoms with Crippen LogP contribution in [0.4, 0.5) is 0 Å². The third-order valence-electron chi connectivity index (χ3n) is 3.71. The number of hydrogen-bond acceptors (Lipinski definition) is 1. The fraction of sp³-hybridized carbons (Fsp3) is 0.176. The molecule has 0 aliphatic rings. The van der Waals surface area contributed by atoms with Gasteiger partial charge in [0.05, 0.1) is 0 Å². The summed E-state index contributed by atoms with van der Waals surface area (Å²) in [4.78, 5) is 3.48. The molecule has 0 aliphatic heterocycles. The Bertz CT molecular complexity index is 757. The molecule has 0 bridgehead atoms. The predicted octanol–water partition coefficient (Wildman–Crippen LogP) is 4.57. The van der Waals surface area contributed by atoms with Crippen molar-refractivity contribution in [2.45, 2.75) is 12.8 Å². The Morgan fingerprint density at radius 3 is 2.33 bits per heavy atom. The van der Waals surface area contributed by atoms with E-state index in [1.165, 1.54) is 10.9 Å². The number of benzene rings is 2. The summed E-state index contributed by atoms with van der Waals surface area (Å²) < 4.78 is 0. The largest absolute Gasteiger partial charge is 0.358 e. The average Bonchev–Trinajstić information content (AvgIpc) is 2.82. The van der Waals surface area contributed by atoms with Crippen LogP contribution in [0, 0.1) is 0 Å². The maximum atomic E-state index is 6.28. The monoisotopic (exact) mass is 318 g/mol. The second-order valence-corrected chi connectivity index (χ2v) is 5.86. The highest BCUT2D eigenvalue weighted by Gasteiger charge is 2.14. The van der Waals surface area contributed by atoms with Crippen LogP contribution >= 0.6 is 23.2 Å². The van der Waals surface area contributed by atoms with Crippen LogP contribution in [0.25, 0.3) is 10.9 Å². The van der Waals surface area contributed by atoms with Gasteiger partial charge in [-0.05, 0) is 42.3 Å². The molecule has 0 saturated heterocycles. The van der Waals surface area contributed by atoms with Crippen LogP contribution in [0.5, 0.6) is 0 Å². The summed E-state index contributed by atoms with van der Waals surface area (Å²) >= 11 is 12.6. The highest BCUT2D eigenvalue weighted by atomic mass is 35.5. The lowest BCUT2D eigenvalue weighted by molar-refractivity contribution is 0.946. The van der Waals surface area contributed by atoms with Crippen molar-refractivity contribution in [1.29, 1.82) is 0 Å². The van der Waals surface area contributed by atoms with E-state index in [1.54, 1.807) is 0 Å². The molecule has 4 heteroatoms. The molecule has 0 fully saturated rings. The minimum absolute atomic E-state index is 0.616. The van der Waals surface area contributed by atoms with Gasteiger partial charge in [0.25, 0.3) is 0 Å². The standard InChI is InChI=1S/C17H16Cl2N2/c18-14-5-3-6-15(19)13(14)10-17-12(8-9-20)11-4-1-2-7-16(11)21-17/h1-7,21H,8-10,20H2. The van der Waals surface area contributed by atoms with Crippen LogP contribution in [0.1, 0.15) is 16.8 Å². The van der Waals surface area contributed by atoms with E-state index in [0.717, 1.165) is 23.2 Å². The molecule has 21 heavy (non-hydrogen) atoms. The molecule has 0 atom stereocenters. The van der Waals surface area contributed by atoms with Gasteiger partial charge in [0.2, 0.25) is 0 Å². The highest BCUT2D eigenvalue weighted by Crippen LogP contribution is 2.30. The van der Waals surface area contributed by atoms with Crippen molar-refractivity contribution in [1.82, 2.24) is 4.98 Å². The molecule has 0 spiro atoms. The third kappa shape index (κ3) is 2.80. The van der Waals surface area contributed by atoms with Gasteiger partial charge in [-0.2, -0.15) is 0 Å². The van der Waals surface area contributed by atoms with Gasteiger partial charge in [0.15, 0.2) is 0 Å². The molecular formula is C17H16Cl2N2. The van der Waals surface area contributed by atoms with E-state index in [2.05, 4.69) is 17.1 Å². The van der Waals surface area contributed by atoms with Crippen LogP contribution in [-0.2, 0) is 12.8 Å². The topological polar surface area (TPSA) is 41.8 Å². The summed E-state index contributed by atoms with van der Waals surface area (Å²) in [5.41, 5.74) is 10.2. The number of para-hydroxylation sites is 1. The van der Waals surface area contributed by atoms with Crippen LogP contribution in [0.2, 0.25) is 10.0 Å². The van der Waals surface area contributed by atoms with Crippen molar-refractivity contribution >= 4 is 34.1 Å². The molecule has 2 aromatic carbocycles. The van der Waals surface area contributed by atoms with E-state index in [9.17, 15) is 0 Å². The smallest absolute Gasteiger partial charge is 0.0459 e. The lowest BCUT2D eigenvalue weighted by Gasteiger charge is -2.08. The first-order valence-electron chi connectivity index (χ1n) is 6.92. The van der Waals surface area contributed by atoms with E-state index >= 15 is 0 Å². The van der Waals surface area contributed by atoms with Crippen LogP contribution in [0.3, 0.4) is 0 Å². The summed E-state index contributed by atoms with van der Waals surface area (Å²) in [7, 11) is 0. The Labute approximate surface area is 133 Å². The summed E-state index contributed by atoms with van der Waals surface area (Å²) in [5.74, 6) is 0. The number of aromatic nitrogens is 1. The van der Waals surface area contributed by atoms with Crippen molar-refractivity contribution in [3.8, 4) is 0 Å². The first-order valence-corrected chi connectivity index (χ1v) is 7.67. The van der Waals surface area contributed by atoms with Gasteiger partial charge < -0.3 is 10.7 Å². The van der Waals surface area contributed by atoms with E-state index in [-0.39, 0.29) is 0 Å². The first kappa shape index (κ1) is 14.5. The zero-order valence-electron chi connectivity index (χ0n) is 11.5. The molecule has 1 aromatic heterocycles. The molecule has 2 nitrogen and oxygen atoms in total. The summed E-state index contributed by atoms with van der Waals surface area (Å²) in [5, 5.41) is 2.61. The van der Waals surface area contributed by atoms with Gasteiger partial charge in [-0.25, -0.2) is 0 Å². The van der Waals surface area contributed by atoms with E-state index in [0.29, 0.717) is 23.0 Å². The van der Waals surface area contributed by atoms with Crippen molar-refractivity contribution in [3.63, 3.8) is 0 Å². The number of H-pyrrole nitrogens is 1. The minimum atomic E-state index is 0.616. The number of aromatic amines is 1. The van der Waals surface area contributed by atoms with Gasteiger partial charge in [-0.3, -0.25) is 0 Å². The van der Waals surface area contributed by atoms with E-state index in [1.807, 2.05) is 30.3 Å². The second kappa shape index (κ2) is 6.10. The minimum Gasteiger partial charge on any atom is -0.358 e. The van der Waals surface area contributed by atoms with E-state index < -0.39 is 0 Å². The number of hydrogen-bond donors (Lipinski definition) is 2. The predicted molar refractivity (Wildman–Crippen MR) is 90.3 cm³/mol. The number of nitrogens with one attached hydrogen (secondary N) is 1. The lowest BCUT2D eigenvalue weighted by Crippen LogP contribution is -2.05. The molecule has 1 heterocycles. The van der Waals surface area contributed by atoms with Gasteiger partial charge in [0.1, 0.15) is 0 Å². The van der Waals surface area contributed by atoms with Gasteiger partial charge >= 0.3 is 0 Å². The number of nitrogens with two attached hydrogens (primary N) is 1. The van der Waals surface area contributed by atoms with Crippen molar-refractivity contribution in [2.75, 3.05) is 6.54 Å². The molecule has 0 radical (unpaired) electrons. The fourth-order valence-electron chi connectivity index (χ4n) is 2.71. The molecule has 0 unspecified atom stereocenters. The Kier molecular flexibility index (Phi) is 4.20. The SMILES string of the molecule is NCCc1c(Cc2c(Cl)cccc2Cl)[nH]c2ccccc12. The Hall–Kier alpha value is -1.48. The molecule has 3 N–H and O–H groups in total. The second-order valence-electron chi connectivity index (χ2n) is 5.04. The molecular weight excluding hydrogens is 303 g/mol. The quantitative estimate of drug-likeness (QED) is 0.727. The molecule has 3 aromatic rings. The normalized spacial score (nSPS) is 11.2. The lowest BCUT2D eigenvalue weighted by atomic mass is 10.0. The maximum Gasteiger partial charge on any atom is 0.0459 e. The molecule has 0 amide bonds. The summed E-state index contributed by atoms with van der Waals surface area (Å²) in [6, 6.07) is 13.9. The van der Waals surface area contributed by atoms with Gasteiger partial charge in [-0.1, -0.05) is 47.5 Å². The van der Waals surface area contributed by atoms with Crippen molar-refractivity contribution in [2.24, 2.45) is 5.73 Å². The van der Waals surface area contributed by atoms with Crippen LogP contribution in [0.15, 0.2) is 42.5 Å². The first-order chi connectivity index (χ1) is 10.2. The average molecular weight is 319 g/mol. The summed E-state index contributed by atoms with van der Waals surface area (Å²) in [6.07, 6.45) is 1.52. The third-order valence-corrected chi connectivity index (χ3v) is 4.42. The van der Waals surface area contributed by atoms with Crippen molar-refractivity contribution < 1.29 is 0 Å². The zero-order valence-corrected chi connectivity index (χ0v) is 13.0. The highest BCUT2D eigenvalue weighted by molar-refractivity contribution is 6.36. The molecule has 3 rings (SSSR count). The fourth-order valence-corrected chi connectivity index (χ4v) is 3.25. The molecule has 0 aliphatic carbocycles. The van der Waals surface area contributed by atoms with Crippen molar-refractivity contribution in [3.05, 3.63) is 69.3 Å². The zero-order chi connectivity index (χ0) is 14.8. The van der Waals surface area contributed by atoms with E-state index in [4.69, 9.17) is 28.9 Å². The number of rotatable bonds is 4. The van der Waals surface area contributed by atoms with Crippen LogP contribution < -0.4 is 5.73 Å². The van der Waals surface area contributed by atoms with Crippen LogP contribution in [-0.4, -0.2) is 11.5 Å². The number of halogens is 2. The summed E-state index contributed by atoms with van der Waals surface area (Å²) in [6.45, 7) is 0.616. The van der Waals surface area contributed by atoms with Gasteiger partial charge in [0, 0.05) is 33.1 Å². The number of fused-ring (bicyclic) bond motifs is 1. The maximum absolute atomic E-state index is 6.28. The Balaban J connectivity index is 2.10. The molecule has 0 saturated carbocycles. The molecule has 108 valence electrons. The Morgan fingerprint density at radius 2 is 1.62 bits per heavy atom. The Morgan fingerprint density at radius 1 is 0.905 bits per heavy atom.